The highest BCUT2D eigenvalue weighted by molar-refractivity contribution is 5.88. The molecule has 1 saturated carbocycles. The molecule has 5 heteroatoms. The molecule has 1 aliphatic carbocycles. The maximum absolute atomic E-state index is 4.61. The number of aryl methyl sites for hydroxylation is 1. The lowest BCUT2D eigenvalue weighted by Gasteiger charge is -2.42. The number of hydrogen-bond acceptors (Lipinski definition) is 4. The van der Waals surface area contributed by atoms with Crippen LogP contribution in [0.4, 0.5) is 5.82 Å². The molecule has 0 radical (unpaired) electrons. The molecule has 5 rings (SSSR count). The Kier molecular flexibility index (Phi) is 4.84. The topological polar surface area (TPSA) is 46.0 Å². The Labute approximate surface area is 172 Å². The zero-order valence-electron chi connectivity index (χ0n) is 17.1. The maximum atomic E-state index is 4.61. The summed E-state index contributed by atoms with van der Waals surface area (Å²) in [7, 11) is 1.94. The molecular formula is C24H29N5. The molecule has 0 unspecified atom stereocenters. The van der Waals surface area contributed by atoms with E-state index in [0.717, 1.165) is 28.5 Å². The van der Waals surface area contributed by atoms with Crippen LogP contribution in [0.25, 0.3) is 21.9 Å². The Morgan fingerprint density at radius 3 is 2.55 bits per heavy atom. The molecule has 2 fully saturated rings. The average molecular weight is 388 g/mol. The van der Waals surface area contributed by atoms with Crippen LogP contribution in [-0.4, -0.2) is 38.8 Å². The van der Waals surface area contributed by atoms with Crippen LogP contribution in [0.15, 0.2) is 55.1 Å². The Morgan fingerprint density at radius 2 is 1.86 bits per heavy atom. The van der Waals surface area contributed by atoms with Crippen LogP contribution in [0.3, 0.4) is 0 Å². The standard InChI is InChI=1S/C24H29N5/c1-17(18-8-10-29(11-9-18)23-4-3-5-23)27-24-13-21-12-19(6-7-20(21)14-25-24)22-15-26-28(2)16-22/h6-7,12-16,18,23H,1,3-5,8-11H2,2H3,(H,25,27). The monoisotopic (exact) mass is 387 g/mol. The third-order valence-electron chi connectivity index (χ3n) is 6.66. The van der Waals surface area contributed by atoms with Gasteiger partial charge in [0.05, 0.1) is 6.20 Å². The van der Waals surface area contributed by atoms with Crippen LogP contribution in [0.1, 0.15) is 32.1 Å². The summed E-state index contributed by atoms with van der Waals surface area (Å²) in [4.78, 5) is 7.30. The number of nitrogens with one attached hydrogen (secondary N) is 1. The number of piperidine rings is 1. The Bertz CT molecular complexity index is 1020. The zero-order valence-corrected chi connectivity index (χ0v) is 17.1. The summed E-state index contributed by atoms with van der Waals surface area (Å²) in [6, 6.07) is 9.44. The van der Waals surface area contributed by atoms with Crippen molar-refractivity contribution >= 4 is 16.6 Å². The Hall–Kier alpha value is -2.66. The summed E-state index contributed by atoms with van der Waals surface area (Å²) < 4.78 is 1.83. The number of rotatable bonds is 5. The van der Waals surface area contributed by atoms with Crippen molar-refractivity contribution in [2.75, 3.05) is 18.4 Å². The van der Waals surface area contributed by atoms with Crippen molar-refractivity contribution in [3.8, 4) is 11.1 Å². The molecule has 29 heavy (non-hydrogen) atoms. The average Bonchev–Trinajstić information content (AvgIpc) is 3.13. The second-order valence-electron chi connectivity index (χ2n) is 8.58. The molecule has 0 bridgehead atoms. The number of allylic oxidation sites excluding steroid dienone is 1. The molecule has 1 aromatic carbocycles. The third-order valence-corrected chi connectivity index (χ3v) is 6.66. The highest BCUT2D eigenvalue weighted by Gasteiger charge is 2.29. The number of pyridine rings is 1. The zero-order chi connectivity index (χ0) is 19.8. The first-order valence-electron chi connectivity index (χ1n) is 10.7. The van der Waals surface area contributed by atoms with Gasteiger partial charge < -0.3 is 10.2 Å². The first kappa shape index (κ1) is 18.4. The largest absolute Gasteiger partial charge is 0.344 e. The summed E-state index contributed by atoms with van der Waals surface area (Å²) in [5.74, 6) is 1.41. The van der Waals surface area contributed by atoms with Gasteiger partial charge in [-0.25, -0.2) is 4.98 Å². The molecular weight excluding hydrogens is 358 g/mol. The predicted octanol–water partition coefficient (Wildman–Crippen LogP) is 4.83. The summed E-state index contributed by atoms with van der Waals surface area (Å²) in [5.41, 5.74) is 3.40. The molecule has 1 N–H and O–H groups in total. The first-order chi connectivity index (χ1) is 14.2. The van der Waals surface area contributed by atoms with Crippen LogP contribution in [-0.2, 0) is 7.05 Å². The van der Waals surface area contributed by atoms with Gasteiger partial charge in [0.1, 0.15) is 5.82 Å². The number of benzene rings is 1. The van der Waals surface area contributed by atoms with E-state index < -0.39 is 0 Å². The Balaban J connectivity index is 1.28. The van der Waals surface area contributed by atoms with E-state index in [2.05, 4.69) is 51.1 Å². The molecule has 2 aromatic heterocycles. The van der Waals surface area contributed by atoms with Crippen LogP contribution in [0.2, 0.25) is 0 Å². The molecule has 150 valence electrons. The van der Waals surface area contributed by atoms with Crippen LogP contribution < -0.4 is 5.32 Å². The number of hydrogen-bond donors (Lipinski definition) is 1. The van der Waals surface area contributed by atoms with E-state index in [4.69, 9.17) is 0 Å². The van der Waals surface area contributed by atoms with Gasteiger partial charge in [0.15, 0.2) is 0 Å². The van der Waals surface area contributed by atoms with Gasteiger partial charge in [-0.3, -0.25) is 4.68 Å². The number of nitrogens with zero attached hydrogens (tertiary/aromatic N) is 4. The minimum atomic E-state index is 0.533. The lowest BCUT2D eigenvalue weighted by molar-refractivity contribution is 0.0914. The van der Waals surface area contributed by atoms with E-state index in [0.29, 0.717) is 5.92 Å². The minimum absolute atomic E-state index is 0.533. The van der Waals surface area contributed by atoms with E-state index in [9.17, 15) is 0 Å². The predicted molar refractivity (Wildman–Crippen MR) is 119 cm³/mol. The molecule has 0 atom stereocenters. The van der Waals surface area contributed by atoms with E-state index in [1.54, 1.807) is 0 Å². The van der Waals surface area contributed by atoms with Gasteiger partial charge in [-0.2, -0.15) is 5.10 Å². The molecule has 1 aliphatic heterocycles. The molecule has 0 spiro atoms. The Morgan fingerprint density at radius 1 is 1.03 bits per heavy atom. The fraction of sp³-hybridized carbons (Fsp3) is 0.417. The van der Waals surface area contributed by atoms with Gasteiger partial charge in [-0.05, 0) is 61.9 Å². The third kappa shape index (κ3) is 3.79. The number of anilines is 1. The van der Waals surface area contributed by atoms with Crippen molar-refractivity contribution < 1.29 is 0 Å². The molecule has 1 saturated heterocycles. The van der Waals surface area contributed by atoms with Crippen molar-refractivity contribution in [3.63, 3.8) is 0 Å². The molecule has 3 heterocycles. The van der Waals surface area contributed by atoms with E-state index in [1.807, 2.05) is 30.3 Å². The van der Waals surface area contributed by atoms with E-state index >= 15 is 0 Å². The van der Waals surface area contributed by atoms with Crippen molar-refractivity contribution in [1.82, 2.24) is 19.7 Å². The van der Waals surface area contributed by atoms with Crippen molar-refractivity contribution in [2.24, 2.45) is 13.0 Å². The first-order valence-corrected chi connectivity index (χ1v) is 10.7. The highest BCUT2D eigenvalue weighted by atomic mass is 15.2. The van der Waals surface area contributed by atoms with Gasteiger partial charge in [-0.15, -0.1) is 0 Å². The van der Waals surface area contributed by atoms with E-state index in [1.165, 1.54) is 56.1 Å². The van der Waals surface area contributed by atoms with Crippen molar-refractivity contribution in [3.05, 3.63) is 55.1 Å². The molecule has 0 amide bonds. The van der Waals surface area contributed by atoms with Crippen LogP contribution in [0.5, 0.6) is 0 Å². The number of likely N-dealkylation sites (tertiary alicyclic amines) is 1. The summed E-state index contributed by atoms with van der Waals surface area (Å²) >= 11 is 0. The van der Waals surface area contributed by atoms with Gasteiger partial charge >= 0.3 is 0 Å². The van der Waals surface area contributed by atoms with Gasteiger partial charge in [0, 0.05) is 48.0 Å². The lowest BCUT2D eigenvalue weighted by atomic mass is 9.87. The smallest absolute Gasteiger partial charge is 0.130 e. The van der Waals surface area contributed by atoms with Gasteiger partial charge in [0.2, 0.25) is 0 Å². The fourth-order valence-corrected chi connectivity index (χ4v) is 4.59. The molecule has 2 aliphatic rings. The number of aromatic nitrogens is 3. The lowest BCUT2D eigenvalue weighted by Crippen LogP contribution is -2.45. The second kappa shape index (κ2) is 7.64. The second-order valence-corrected chi connectivity index (χ2v) is 8.58. The van der Waals surface area contributed by atoms with E-state index in [-0.39, 0.29) is 0 Å². The SMILES string of the molecule is C=C(Nc1cc2cc(-c3cnn(C)c3)ccc2cn1)C1CCN(C2CCC2)CC1. The molecule has 3 aromatic rings. The summed E-state index contributed by atoms with van der Waals surface area (Å²) in [5, 5.41) is 10.1. The summed E-state index contributed by atoms with van der Waals surface area (Å²) in [6.45, 7) is 6.75. The van der Waals surface area contributed by atoms with Crippen molar-refractivity contribution in [2.45, 2.75) is 38.1 Å². The van der Waals surface area contributed by atoms with Crippen LogP contribution >= 0.6 is 0 Å². The minimum Gasteiger partial charge on any atom is -0.344 e. The fourth-order valence-electron chi connectivity index (χ4n) is 4.59. The molecule has 5 nitrogen and oxygen atoms in total. The van der Waals surface area contributed by atoms with Gasteiger partial charge in [0.25, 0.3) is 0 Å². The maximum Gasteiger partial charge on any atom is 0.130 e. The highest BCUT2D eigenvalue weighted by Crippen LogP contribution is 2.32. The number of fused-ring (bicyclic) bond motifs is 1. The van der Waals surface area contributed by atoms with Gasteiger partial charge in [-0.1, -0.05) is 25.1 Å². The van der Waals surface area contributed by atoms with Crippen molar-refractivity contribution in [1.29, 1.82) is 0 Å². The summed E-state index contributed by atoms with van der Waals surface area (Å²) in [6.07, 6.45) is 12.5. The van der Waals surface area contributed by atoms with Crippen LogP contribution in [0, 0.1) is 5.92 Å². The normalized spacial score (nSPS) is 18.7. The quantitative estimate of drug-likeness (QED) is 0.681.